The van der Waals surface area contributed by atoms with Crippen molar-refractivity contribution in [3.63, 3.8) is 0 Å². The van der Waals surface area contributed by atoms with Gasteiger partial charge in [0.15, 0.2) is 0 Å². The fourth-order valence-corrected chi connectivity index (χ4v) is 3.18. The van der Waals surface area contributed by atoms with Crippen molar-refractivity contribution in [3.8, 4) is 0 Å². The van der Waals surface area contributed by atoms with Gasteiger partial charge in [0.1, 0.15) is 0 Å². The van der Waals surface area contributed by atoms with E-state index in [1.54, 1.807) is 0 Å². The van der Waals surface area contributed by atoms with Crippen molar-refractivity contribution in [3.05, 3.63) is 83.7 Å². The first-order valence-electron chi connectivity index (χ1n) is 9.45. The molecular weight excluding hydrogens is 352 g/mol. The van der Waals surface area contributed by atoms with Gasteiger partial charge in [0.25, 0.3) is 0 Å². The fraction of sp³-hybridized carbons (Fsp3) is 0.227. The van der Waals surface area contributed by atoms with E-state index >= 15 is 0 Å². The van der Waals surface area contributed by atoms with Gasteiger partial charge in [-0.15, -0.1) is 10.2 Å². The third kappa shape index (κ3) is 4.46. The SMILES string of the molecule is O=C(CCc1nnc(CCc2c[nH]c3ccccc23)o1)NCc1ccccc1. The van der Waals surface area contributed by atoms with Crippen LogP contribution < -0.4 is 5.32 Å². The normalized spacial score (nSPS) is 11.0. The Hall–Kier alpha value is -3.41. The zero-order valence-corrected chi connectivity index (χ0v) is 15.5. The minimum atomic E-state index is -0.0256. The van der Waals surface area contributed by atoms with E-state index in [0.29, 0.717) is 37.6 Å². The number of nitrogens with zero attached hydrogens (tertiary/aromatic N) is 2. The van der Waals surface area contributed by atoms with Crippen LogP contribution in [0.4, 0.5) is 0 Å². The van der Waals surface area contributed by atoms with Gasteiger partial charge in [-0.05, 0) is 23.6 Å². The van der Waals surface area contributed by atoms with Crippen molar-refractivity contribution in [1.29, 1.82) is 0 Å². The fourth-order valence-electron chi connectivity index (χ4n) is 3.18. The molecule has 28 heavy (non-hydrogen) atoms. The summed E-state index contributed by atoms with van der Waals surface area (Å²) in [7, 11) is 0. The predicted molar refractivity (Wildman–Crippen MR) is 107 cm³/mol. The van der Waals surface area contributed by atoms with Crippen molar-refractivity contribution in [2.45, 2.75) is 32.2 Å². The number of H-pyrrole nitrogens is 1. The molecule has 4 aromatic rings. The Morgan fingerprint density at radius 2 is 1.68 bits per heavy atom. The highest BCUT2D eigenvalue weighted by Crippen LogP contribution is 2.19. The summed E-state index contributed by atoms with van der Waals surface area (Å²) in [5, 5.41) is 12.3. The van der Waals surface area contributed by atoms with E-state index in [1.165, 1.54) is 10.9 Å². The topological polar surface area (TPSA) is 83.8 Å². The maximum Gasteiger partial charge on any atom is 0.220 e. The molecule has 0 aliphatic carbocycles. The molecule has 0 spiro atoms. The molecule has 6 nitrogen and oxygen atoms in total. The number of aromatic nitrogens is 3. The third-order valence-corrected chi connectivity index (χ3v) is 4.69. The lowest BCUT2D eigenvalue weighted by Gasteiger charge is -2.03. The minimum absolute atomic E-state index is 0.0256. The molecule has 0 aliphatic rings. The van der Waals surface area contributed by atoms with Crippen LogP contribution in [-0.4, -0.2) is 21.1 Å². The number of amides is 1. The van der Waals surface area contributed by atoms with Crippen LogP contribution in [0.15, 0.2) is 65.2 Å². The van der Waals surface area contributed by atoms with E-state index in [9.17, 15) is 4.79 Å². The van der Waals surface area contributed by atoms with E-state index in [2.05, 4.69) is 32.6 Å². The first kappa shape index (κ1) is 18.0. The van der Waals surface area contributed by atoms with Crippen LogP contribution in [0, 0.1) is 0 Å². The van der Waals surface area contributed by atoms with Crippen LogP contribution in [-0.2, 0) is 30.6 Å². The molecule has 0 fully saturated rings. The summed E-state index contributed by atoms with van der Waals surface area (Å²) in [4.78, 5) is 15.3. The number of hydrogen-bond donors (Lipinski definition) is 2. The van der Waals surface area contributed by atoms with Crippen LogP contribution in [0.1, 0.15) is 29.3 Å². The van der Waals surface area contributed by atoms with Crippen LogP contribution in [0.5, 0.6) is 0 Å². The summed E-state index contributed by atoms with van der Waals surface area (Å²) in [6.45, 7) is 0.527. The van der Waals surface area contributed by atoms with E-state index in [0.717, 1.165) is 17.5 Å². The van der Waals surface area contributed by atoms with Gasteiger partial charge in [-0.3, -0.25) is 4.79 Å². The van der Waals surface area contributed by atoms with Crippen molar-refractivity contribution < 1.29 is 9.21 Å². The highest BCUT2D eigenvalue weighted by atomic mass is 16.4. The molecule has 6 heteroatoms. The maximum absolute atomic E-state index is 12.0. The summed E-state index contributed by atoms with van der Waals surface area (Å²) in [5.41, 5.74) is 3.44. The van der Waals surface area contributed by atoms with Gasteiger partial charge in [-0.1, -0.05) is 48.5 Å². The Balaban J connectivity index is 1.24. The average Bonchev–Trinajstić information content (AvgIpc) is 3.37. The van der Waals surface area contributed by atoms with Gasteiger partial charge in [0.05, 0.1) is 0 Å². The molecule has 4 rings (SSSR count). The molecule has 0 aliphatic heterocycles. The quantitative estimate of drug-likeness (QED) is 0.494. The maximum atomic E-state index is 12.0. The molecule has 0 unspecified atom stereocenters. The zero-order chi connectivity index (χ0) is 19.2. The average molecular weight is 374 g/mol. The summed E-state index contributed by atoms with van der Waals surface area (Å²) < 4.78 is 5.69. The Bertz CT molecular complexity index is 1050. The van der Waals surface area contributed by atoms with Gasteiger partial charge in [0.2, 0.25) is 17.7 Å². The lowest BCUT2D eigenvalue weighted by atomic mass is 10.1. The largest absolute Gasteiger partial charge is 0.425 e. The number of nitrogens with one attached hydrogen (secondary N) is 2. The molecule has 0 atom stereocenters. The molecule has 0 bridgehead atoms. The summed E-state index contributed by atoms with van der Waals surface area (Å²) in [5.74, 6) is 1.08. The highest BCUT2D eigenvalue weighted by Gasteiger charge is 2.10. The van der Waals surface area contributed by atoms with Crippen LogP contribution in [0.3, 0.4) is 0 Å². The second-order valence-corrected chi connectivity index (χ2v) is 6.71. The highest BCUT2D eigenvalue weighted by molar-refractivity contribution is 5.83. The number of rotatable bonds is 8. The second-order valence-electron chi connectivity index (χ2n) is 6.71. The molecule has 2 aromatic heterocycles. The Morgan fingerprint density at radius 1 is 0.929 bits per heavy atom. The van der Waals surface area contributed by atoms with Crippen molar-refractivity contribution in [2.75, 3.05) is 0 Å². The lowest BCUT2D eigenvalue weighted by molar-refractivity contribution is -0.121. The molecule has 1 amide bonds. The molecule has 0 saturated heterocycles. The van der Waals surface area contributed by atoms with E-state index in [-0.39, 0.29) is 5.91 Å². The smallest absolute Gasteiger partial charge is 0.220 e. The van der Waals surface area contributed by atoms with E-state index in [4.69, 9.17) is 4.42 Å². The number of aryl methyl sites for hydroxylation is 3. The van der Waals surface area contributed by atoms with Crippen molar-refractivity contribution in [2.24, 2.45) is 0 Å². The monoisotopic (exact) mass is 374 g/mol. The third-order valence-electron chi connectivity index (χ3n) is 4.69. The molecule has 0 radical (unpaired) electrons. The van der Waals surface area contributed by atoms with Crippen LogP contribution >= 0.6 is 0 Å². The Morgan fingerprint density at radius 3 is 2.54 bits per heavy atom. The van der Waals surface area contributed by atoms with Gasteiger partial charge in [0, 0.05) is 42.9 Å². The van der Waals surface area contributed by atoms with Crippen molar-refractivity contribution in [1.82, 2.24) is 20.5 Å². The molecule has 2 heterocycles. The number of aromatic amines is 1. The second kappa shape index (κ2) is 8.52. The van der Waals surface area contributed by atoms with Gasteiger partial charge < -0.3 is 14.7 Å². The molecule has 142 valence electrons. The number of carbonyl (C=O) groups is 1. The van der Waals surface area contributed by atoms with Crippen LogP contribution in [0.2, 0.25) is 0 Å². The number of hydrogen-bond acceptors (Lipinski definition) is 4. The van der Waals surface area contributed by atoms with Crippen LogP contribution in [0.25, 0.3) is 10.9 Å². The molecule has 0 saturated carbocycles. The van der Waals surface area contributed by atoms with Crippen molar-refractivity contribution >= 4 is 16.8 Å². The number of fused-ring (bicyclic) bond motifs is 1. The Labute approximate surface area is 163 Å². The Kier molecular flexibility index (Phi) is 5.47. The van der Waals surface area contributed by atoms with E-state index in [1.807, 2.05) is 48.7 Å². The number of carbonyl (C=O) groups excluding carboxylic acids is 1. The first-order chi connectivity index (χ1) is 13.8. The molecule has 2 N–H and O–H groups in total. The van der Waals surface area contributed by atoms with Gasteiger partial charge in [-0.2, -0.15) is 0 Å². The first-order valence-corrected chi connectivity index (χ1v) is 9.45. The van der Waals surface area contributed by atoms with Gasteiger partial charge in [-0.25, -0.2) is 0 Å². The number of para-hydroxylation sites is 1. The molecular formula is C22H22N4O2. The summed E-state index contributed by atoms with van der Waals surface area (Å²) in [6.07, 6.45) is 4.30. The summed E-state index contributed by atoms with van der Waals surface area (Å²) in [6, 6.07) is 18.1. The van der Waals surface area contributed by atoms with Gasteiger partial charge >= 0.3 is 0 Å². The zero-order valence-electron chi connectivity index (χ0n) is 15.5. The standard InChI is InChI=1S/C22H22N4O2/c27-20(24-14-16-6-2-1-3-7-16)11-13-22-26-25-21(28-22)12-10-17-15-23-19-9-5-4-8-18(17)19/h1-9,15,23H,10-14H2,(H,24,27). The van der Waals surface area contributed by atoms with E-state index < -0.39 is 0 Å². The molecule has 2 aromatic carbocycles. The minimum Gasteiger partial charge on any atom is -0.425 e. The summed E-state index contributed by atoms with van der Waals surface area (Å²) >= 11 is 0. The lowest BCUT2D eigenvalue weighted by Crippen LogP contribution is -2.22. The predicted octanol–water partition coefficient (Wildman–Crippen LogP) is 3.59. The number of benzene rings is 2.